The fourth-order valence-electron chi connectivity index (χ4n) is 3.45. The Morgan fingerprint density at radius 3 is 2.72 bits per heavy atom. The van der Waals surface area contributed by atoms with Crippen LogP contribution in [0, 0.1) is 5.82 Å². The monoisotopic (exact) mass is 452 g/mol. The van der Waals surface area contributed by atoms with Crippen LogP contribution in [-0.2, 0) is 11.2 Å². The number of aromatic nitrogens is 5. The van der Waals surface area contributed by atoms with Gasteiger partial charge in [-0.3, -0.25) is 4.79 Å². The maximum Gasteiger partial charge on any atom is 0.233 e. The Bertz CT molecular complexity index is 1220. The third kappa shape index (κ3) is 4.83. The summed E-state index contributed by atoms with van der Waals surface area (Å²) in [6, 6.07) is 12.7. The van der Waals surface area contributed by atoms with E-state index in [4.69, 9.17) is 0 Å². The molecule has 1 amide bonds. The molecule has 2 aromatic carbocycles. The largest absolute Gasteiger partial charge is 0.361 e. The predicted molar refractivity (Wildman–Crippen MR) is 124 cm³/mol. The molecule has 9 heteroatoms. The molecule has 2 aromatic heterocycles. The van der Waals surface area contributed by atoms with Crippen molar-refractivity contribution in [2.75, 3.05) is 6.54 Å². The number of nitrogens with zero attached hydrogens (tertiary/aromatic N) is 4. The van der Waals surface area contributed by atoms with E-state index in [1.165, 1.54) is 29.5 Å². The molecule has 4 rings (SSSR count). The Balaban J connectivity index is 1.35. The number of carbonyl (C=O) groups is 1. The second-order valence-corrected chi connectivity index (χ2v) is 9.23. The SMILES string of the molecule is CC(Sc1nnnn1-c1ccc(C(C)C)cc1)C(=O)NCCc1c[nH]c2ccc(F)cc12. The minimum absolute atomic E-state index is 0.106. The van der Waals surface area contributed by atoms with Crippen LogP contribution in [0.25, 0.3) is 16.6 Å². The zero-order valence-corrected chi connectivity index (χ0v) is 19.0. The van der Waals surface area contributed by atoms with Crippen LogP contribution < -0.4 is 5.32 Å². The van der Waals surface area contributed by atoms with Gasteiger partial charge in [0, 0.05) is 23.6 Å². The molecule has 0 bridgehead atoms. The normalized spacial score (nSPS) is 12.4. The highest BCUT2D eigenvalue weighted by Gasteiger charge is 2.19. The molecular weight excluding hydrogens is 427 g/mol. The van der Waals surface area contributed by atoms with E-state index in [9.17, 15) is 9.18 Å². The zero-order valence-electron chi connectivity index (χ0n) is 18.2. The van der Waals surface area contributed by atoms with Gasteiger partial charge in [-0.15, -0.1) is 5.10 Å². The van der Waals surface area contributed by atoms with Crippen LogP contribution in [0.4, 0.5) is 4.39 Å². The summed E-state index contributed by atoms with van der Waals surface area (Å²) < 4.78 is 15.2. The second kappa shape index (κ2) is 9.52. The number of benzene rings is 2. The van der Waals surface area contributed by atoms with Crippen LogP contribution >= 0.6 is 11.8 Å². The Morgan fingerprint density at radius 1 is 1.19 bits per heavy atom. The van der Waals surface area contributed by atoms with Crippen molar-refractivity contribution in [3.63, 3.8) is 0 Å². The first-order chi connectivity index (χ1) is 15.4. The summed E-state index contributed by atoms with van der Waals surface area (Å²) in [7, 11) is 0. The van der Waals surface area contributed by atoms with E-state index in [0.717, 1.165) is 22.2 Å². The van der Waals surface area contributed by atoms with Gasteiger partial charge >= 0.3 is 0 Å². The van der Waals surface area contributed by atoms with Gasteiger partial charge in [0.1, 0.15) is 5.82 Å². The van der Waals surface area contributed by atoms with E-state index in [-0.39, 0.29) is 17.0 Å². The predicted octanol–water partition coefficient (Wildman–Crippen LogP) is 4.25. The topological polar surface area (TPSA) is 88.5 Å². The number of thioether (sulfide) groups is 1. The van der Waals surface area contributed by atoms with Crippen LogP contribution in [0.5, 0.6) is 0 Å². The fourth-order valence-corrected chi connectivity index (χ4v) is 4.28. The average Bonchev–Trinajstić information content (AvgIpc) is 3.40. The van der Waals surface area contributed by atoms with Gasteiger partial charge in [0.2, 0.25) is 11.1 Å². The first-order valence-corrected chi connectivity index (χ1v) is 11.4. The quantitative estimate of drug-likeness (QED) is 0.390. The lowest BCUT2D eigenvalue weighted by molar-refractivity contribution is -0.120. The van der Waals surface area contributed by atoms with Gasteiger partial charge in [-0.1, -0.05) is 37.7 Å². The maximum absolute atomic E-state index is 13.5. The third-order valence-corrected chi connectivity index (χ3v) is 6.35. The Hall–Kier alpha value is -3.20. The van der Waals surface area contributed by atoms with Crippen molar-refractivity contribution in [2.24, 2.45) is 0 Å². The fraction of sp³-hybridized carbons (Fsp3) is 0.304. The molecule has 2 N–H and O–H groups in total. The van der Waals surface area contributed by atoms with Gasteiger partial charge in [-0.05, 0) is 71.1 Å². The number of fused-ring (bicyclic) bond motifs is 1. The molecule has 0 saturated heterocycles. The number of carbonyl (C=O) groups excluding carboxylic acids is 1. The highest BCUT2D eigenvalue weighted by molar-refractivity contribution is 8.00. The number of tetrazole rings is 1. The van der Waals surface area contributed by atoms with Crippen molar-refractivity contribution in [3.05, 3.63) is 65.6 Å². The molecule has 2 heterocycles. The minimum Gasteiger partial charge on any atom is -0.361 e. The minimum atomic E-state index is -0.380. The van der Waals surface area contributed by atoms with Crippen LogP contribution in [0.3, 0.4) is 0 Å². The number of amides is 1. The number of hydrogen-bond donors (Lipinski definition) is 2. The van der Waals surface area contributed by atoms with E-state index < -0.39 is 0 Å². The molecule has 0 aliphatic rings. The molecule has 0 aliphatic heterocycles. The zero-order chi connectivity index (χ0) is 22.7. The summed E-state index contributed by atoms with van der Waals surface area (Å²) in [5.41, 5.74) is 3.93. The van der Waals surface area contributed by atoms with Crippen molar-refractivity contribution in [1.29, 1.82) is 0 Å². The number of nitrogens with one attached hydrogen (secondary N) is 2. The molecule has 1 unspecified atom stereocenters. The molecule has 166 valence electrons. The third-order valence-electron chi connectivity index (χ3n) is 5.32. The summed E-state index contributed by atoms with van der Waals surface area (Å²) in [4.78, 5) is 15.7. The number of rotatable bonds is 8. The first kappa shape index (κ1) is 22.0. The molecule has 0 saturated carbocycles. The van der Waals surface area contributed by atoms with Gasteiger partial charge in [-0.25, -0.2) is 4.39 Å². The summed E-state index contributed by atoms with van der Waals surface area (Å²) in [6.45, 7) is 6.56. The van der Waals surface area contributed by atoms with Crippen LogP contribution in [-0.4, -0.2) is 42.9 Å². The molecule has 0 fully saturated rings. The molecule has 7 nitrogen and oxygen atoms in total. The van der Waals surface area contributed by atoms with Crippen molar-refractivity contribution < 1.29 is 9.18 Å². The first-order valence-electron chi connectivity index (χ1n) is 10.5. The van der Waals surface area contributed by atoms with E-state index in [1.54, 1.807) is 10.7 Å². The summed E-state index contributed by atoms with van der Waals surface area (Å²) in [5.74, 6) is 0.0634. The number of hydrogen-bond acceptors (Lipinski definition) is 5. The Morgan fingerprint density at radius 2 is 1.97 bits per heavy atom. The lowest BCUT2D eigenvalue weighted by Gasteiger charge is -2.12. The maximum atomic E-state index is 13.5. The van der Waals surface area contributed by atoms with E-state index in [1.807, 2.05) is 25.3 Å². The van der Waals surface area contributed by atoms with E-state index in [0.29, 0.717) is 24.0 Å². The second-order valence-electron chi connectivity index (χ2n) is 7.92. The number of aromatic amines is 1. The molecule has 1 atom stereocenters. The van der Waals surface area contributed by atoms with Crippen molar-refractivity contribution in [1.82, 2.24) is 30.5 Å². The molecule has 0 spiro atoms. The average molecular weight is 453 g/mol. The van der Waals surface area contributed by atoms with Crippen molar-refractivity contribution in [2.45, 2.75) is 43.5 Å². The number of H-pyrrole nitrogens is 1. The van der Waals surface area contributed by atoms with Gasteiger partial charge < -0.3 is 10.3 Å². The van der Waals surface area contributed by atoms with Gasteiger partial charge in [0.05, 0.1) is 10.9 Å². The summed E-state index contributed by atoms with van der Waals surface area (Å²) >= 11 is 1.30. The molecule has 4 aromatic rings. The number of halogens is 1. The molecular formula is C23H25FN6OS. The van der Waals surface area contributed by atoms with Crippen LogP contribution in [0.1, 0.15) is 37.8 Å². The Kier molecular flexibility index (Phi) is 6.55. The standard InChI is InChI=1S/C23H25FN6OS/c1-14(2)16-4-7-19(8-5-16)30-23(27-28-29-30)32-15(3)22(31)25-11-10-17-13-26-21-9-6-18(24)12-20(17)21/h4-9,12-15,26H,10-11H2,1-3H3,(H,25,31). The highest BCUT2D eigenvalue weighted by Crippen LogP contribution is 2.24. The van der Waals surface area contributed by atoms with Gasteiger partial charge in [0.25, 0.3) is 0 Å². The molecule has 0 radical (unpaired) electrons. The highest BCUT2D eigenvalue weighted by atomic mass is 32.2. The van der Waals surface area contributed by atoms with Gasteiger partial charge in [-0.2, -0.15) is 4.68 Å². The van der Waals surface area contributed by atoms with Crippen molar-refractivity contribution in [3.8, 4) is 5.69 Å². The van der Waals surface area contributed by atoms with E-state index in [2.05, 4.69) is 51.8 Å². The van der Waals surface area contributed by atoms with Crippen LogP contribution in [0.15, 0.2) is 53.8 Å². The summed E-state index contributed by atoms with van der Waals surface area (Å²) in [5, 5.41) is 15.9. The lowest BCUT2D eigenvalue weighted by Crippen LogP contribution is -2.32. The molecule has 0 aliphatic carbocycles. The lowest BCUT2D eigenvalue weighted by atomic mass is 10.0. The van der Waals surface area contributed by atoms with E-state index >= 15 is 0 Å². The molecule has 32 heavy (non-hydrogen) atoms. The van der Waals surface area contributed by atoms with Crippen LogP contribution in [0.2, 0.25) is 0 Å². The van der Waals surface area contributed by atoms with Gasteiger partial charge in [0.15, 0.2) is 0 Å². The smallest absolute Gasteiger partial charge is 0.233 e. The van der Waals surface area contributed by atoms with Crippen molar-refractivity contribution >= 4 is 28.6 Å². The Labute approximate surface area is 189 Å². The summed E-state index contributed by atoms with van der Waals surface area (Å²) in [6.07, 6.45) is 2.46.